The van der Waals surface area contributed by atoms with Crippen molar-refractivity contribution in [1.29, 1.82) is 0 Å². The molecular formula is C11H6ClNO6. The lowest BCUT2D eigenvalue weighted by Gasteiger charge is -2.03. The summed E-state index contributed by atoms with van der Waals surface area (Å²) in [6.45, 7) is 0. The van der Waals surface area contributed by atoms with Gasteiger partial charge in [-0.2, -0.15) is 0 Å². The van der Waals surface area contributed by atoms with Crippen molar-refractivity contribution in [3.05, 3.63) is 51.2 Å². The van der Waals surface area contributed by atoms with Gasteiger partial charge in [-0.3, -0.25) is 10.1 Å². The largest absolute Gasteiger partial charge is 0.475 e. The number of nitrogens with zero attached hydrogens (tertiary/aromatic N) is 1. The summed E-state index contributed by atoms with van der Waals surface area (Å²) in [5, 5.41) is 19.4. The maximum absolute atomic E-state index is 10.6. The van der Waals surface area contributed by atoms with Crippen LogP contribution in [0.25, 0.3) is 0 Å². The maximum atomic E-state index is 10.6. The number of benzene rings is 1. The molecule has 7 nitrogen and oxygen atoms in total. The zero-order chi connectivity index (χ0) is 14.0. The van der Waals surface area contributed by atoms with Crippen molar-refractivity contribution in [3.8, 4) is 11.7 Å². The zero-order valence-corrected chi connectivity index (χ0v) is 9.96. The summed E-state index contributed by atoms with van der Waals surface area (Å²) in [6.07, 6.45) is 0. The van der Waals surface area contributed by atoms with E-state index >= 15 is 0 Å². The average molecular weight is 284 g/mol. The van der Waals surface area contributed by atoms with E-state index in [0.717, 1.165) is 6.07 Å². The van der Waals surface area contributed by atoms with Gasteiger partial charge in [-0.25, -0.2) is 4.79 Å². The highest BCUT2D eigenvalue weighted by atomic mass is 35.5. The summed E-state index contributed by atoms with van der Waals surface area (Å²) in [4.78, 5) is 20.6. The Hall–Kier alpha value is -2.54. The Morgan fingerprint density at radius 2 is 2.11 bits per heavy atom. The van der Waals surface area contributed by atoms with Crippen molar-refractivity contribution in [1.82, 2.24) is 0 Å². The first-order chi connectivity index (χ1) is 8.97. The number of nitro groups is 1. The monoisotopic (exact) mass is 283 g/mol. The minimum absolute atomic E-state index is 0.00200. The highest BCUT2D eigenvalue weighted by Gasteiger charge is 2.14. The van der Waals surface area contributed by atoms with E-state index in [9.17, 15) is 14.9 Å². The molecule has 2 rings (SSSR count). The summed E-state index contributed by atoms with van der Waals surface area (Å²) in [5.74, 6) is -1.68. The quantitative estimate of drug-likeness (QED) is 0.682. The first-order valence-corrected chi connectivity index (χ1v) is 5.30. The van der Waals surface area contributed by atoms with Gasteiger partial charge in [0.1, 0.15) is 0 Å². The fourth-order valence-corrected chi connectivity index (χ4v) is 1.44. The van der Waals surface area contributed by atoms with E-state index in [4.69, 9.17) is 25.9 Å². The van der Waals surface area contributed by atoms with Gasteiger partial charge < -0.3 is 14.3 Å². The van der Waals surface area contributed by atoms with E-state index in [0.29, 0.717) is 0 Å². The van der Waals surface area contributed by atoms with Crippen LogP contribution in [0.4, 0.5) is 5.69 Å². The number of ether oxygens (including phenoxy) is 1. The van der Waals surface area contributed by atoms with E-state index in [1.54, 1.807) is 0 Å². The molecular weight excluding hydrogens is 278 g/mol. The summed E-state index contributed by atoms with van der Waals surface area (Å²) < 4.78 is 10.0. The normalized spacial score (nSPS) is 10.2. The van der Waals surface area contributed by atoms with Gasteiger partial charge in [-0.05, 0) is 12.1 Å². The number of carboxylic acids is 1. The van der Waals surface area contributed by atoms with E-state index < -0.39 is 10.9 Å². The van der Waals surface area contributed by atoms with Crippen molar-refractivity contribution < 1.29 is 24.0 Å². The molecule has 1 N–H and O–H groups in total. The Kier molecular flexibility index (Phi) is 3.39. The molecule has 0 fully saturated rings. The predicted molar refractivity (Wildman–Crippen MR) is 63.8 cm³/mol. The third-order valence-corrected chi connectivity index (χ3v) is 2.44. The Morgan fingerprint density at radius 3 is 2.68 bits per heavy atom. The molecule has 0 saturated carbocycles. The molecule has 0 unspecified atom stereocenters. The zero-order valence-electron chi connectivity index (χ0n) is 9.20. The van der Waals surface area contributed by atoms with Crippen LogP contribution in [0.2, 0.25) is 5.02 Å². The Morgan fingerprint density at radius 1 is 1.37 bits per heavy atom. The topological polar surface area (TPSA) is 103 Å². The maximum Gasteiger partial charge on any atom is 0.371 e. The minimum atomic E-state index is -1.25. The molecule has 1 heterocycles. The second kappa shape index (κ2) is 4.99. The Labute approximate surface area is 111 Å². The molecule has 0 amide bonds. The number of hydrogen-bond donors (Lipinski definition) is 1. The number of nitro benzene ring substituents is 1. The van der Waals surface area contributed by atoms with Crippen molar-refractivity contribution in [2.45, 2.75) is 0 Å². The molecule has 0 atom stereocenters. The lowest BCUT2D eigenvalue weighted by atomic mass is 10.3. The Bertz CT molecular complexity index is 650. The van der Waals surface area contributed by atoms with Gasteiger partial charge in [0.2, 0.25) is 5.76 Å². The van der Waals surface area contributed by atoms with Crippen LogP contribution in [0, 0.1) is 10.1 Å². The smallest absolute Gasteiger partial charge is 0.371 e. The fourth-order valence-electron chi connectivity index (χ4n) is 1.28. The van der Waals surface area contributed by atoms with E-state index in [1.165, 1.54) is 24.3 Å². The molecule has 0 spiro atoms. The van der Waals surface area contributed by atoms with Crippen LogP contribution in [-0.4, -0.2) is 16.0 Å². The molecule has 0 radical (unpaired) electrons. The lowest BCUT2D eigenvalue weighted by molar-refractivity contribution is -0.384. The Balaban J connectivity index is 2.29. The molecule has 8 heteroatoms. The number of non-ortho nitro benzene ring substituents is 1. The van der Waals surface area contributed by atoms with Crippen LogP contribution < -0.4 is 4.74 Å². The van der Waals surface area contributed by atoms with Gasteiger partial charge >= 0.3 is 5.97 Å². The molecule has 2 aromatic rings. The first kappa shape index (κ1) is 12.9. The molecule has 0 aliphatic heterocycles. The predicted octanol–water partition coefficient (Wildman–Crippen LogP) is 3.33. The minimum Gasteiger partial charge on any atom is -0.475 e. The molecule has 0 aliphatic carbocycles. The van der Waals surface area contributed by atoms with Crippen LogP contribution in [-0.2, 0) is 0 Å². The summed E-state index contributed by atoms with van der Waals surface area (Å²) >= 11 is 5.81. The summed E-state index contributed by atoms with van der Waals surface area (Å²) in [5.41, 5.74) is -0.204. The molecule has 98 valence electrons. The van der Waals surface area contributed by atoms with Crippen LogP contribution in [0.15, 0.2) is 34.7 Å². The van der Waals surface area contributed by atoms with Crippen LogP contribution in [0.5, 0.6) is 11.7 Å². The van der Waals surface area contributed by atoms with Crippen LogP contribution >= 0.6 is 11.6 Å². The first-order valence-electron chi connectivity index (χ1n) is 4.92. The van der Waals surface area contributed by atoms with Crippen molar-refractivity contribution in [2.75, 3.05) is 0 Å². The van der Waals surface area contributed by atoms with Gasteiger partial charge in [-0.15, -0.1) is 0 Å². The summed E-state index contributed by atoms with van der Waals surface area (Å²) in [6, 6.07) is 6.11. The number of halogens is 1. The van der Waals surface area contributed by atoms with Gasteiger partial charge in [0.15, 0.2) is 5.75 Å². The van der Waals surface area contributed by atoms with Gasteiger partial charge in [0.25, 0.3) is 11.6 Å². The van der Waals surface area contributed by atoms with E-state index in [1.807, 2.05) is 0 Å². The van der Waals surface area contributed by atoms with E-state index in [2.05, 4.69) is 0 Å². The third-order valence-electron chi connectivity index (χ3n) is 2.13. The van der Waals surface area contributed by atoms with Crippen LogP contribution in [0.3, 0.4) is 0 Å². The standard InChI is InChI=1S/C11H6ClNO6/c12-7-2-1-6(13(16)17)5-9(7)19-10-4-3-8(18-10)11(14)15/h1-5H,(H,14,15). The molecule has 1 aromatic carbocycles. The number of hydrogen-bond acceptors (Lipinski definition) is 5. The fraction of sp³-hybridized carbons (Fsp3) is 0. The second-order valence-electron chi connectivity index (χ2n) is 3.40. The summed E-state index contributed by atoms with van der Waals surface area (Å²) in [7, 11) is 0. The van der Waals surface area contributed by atoms with Gasteiger partial charge in [0.05, 0.1) is 16.0 Å². The number of carbonyl (C=O) groups is 1. The average Bonchev–Trinajstić information content (AvgIpc) is 2.80. The second-order valence-corrected chi connectivity index (χ2v) is 3.80. The molecule has 0 bridgehead atoms. The number of aromatic carboxylic acids is 1. The third kappa shape index (κ3) is 2.83. The highest BCUT2D eigenvalue weighted by Crippen LogP contribution is 2.33. The van der Waals surface area contributed by atoms with Gasteiger partial charge in [0, 0.05) is 12.1 Å². The highest BCUT2D eigenvalue weighted by molar-refractivity contribution is 6.32. The number of furan rings is 1. The molecule has 1 aromatic heterocycles. The number of carboxylic acid groups (broad SMARTS) is 1. The van der Waals surface area contributed by atoms with Crippen molar-refractivity contribution in [3.63, 3.8) is 0 Å². The molecule has 0 aliphatic rings. The van der Waals surface area contributed by atoms with Crippen molar-refractivity contribution in [2.24, 2.45) is 0 Å². The van der Waals surface area contributed by atoms with Crippen molar-refractivity contribution >= 4 is 23.3 Å². The van der Waals surface area contributed by atoms with Gasteiger partial charge in [-0.1, -0.05) is 11.6 Å². The van der Waals surface area contributed by atoms with Crippen LogP contribution in [0.1, 0.15) is 10.6 Å². The SMILES string of the molecule is O=C(O)c1ccc(Oc2cc([N+](=O)[O-])ccc2Cl)o1. The molecule has 0 saturated heterocycles. The number of rotatable bonds is 4. The van der Waals surface area contributed by atoms with E-state index in [-0.39, 0.29) is 28.2 Å². The lowest BCUT2D eigenvalue weighted by Crippen LogP contribution is -1.92. The molecule has 19 heavy (non-hydrogen) atoms.